The zero-order chi connectivity index (χ0) is 12.6. The summed E-state index contributed by atoms with van der Waals surface area (Å²) in [6.07, 6.45) is 1.50. The van der Waals surface area contributed by atoms with Gasteiger partial charge in [-0.1, -0.05) is 5.39 Å². The van der Waals surface area contributed by atoms with Crippen LogP contribution in [0.25, 0.3) is 10.9 Å². The maximum atomic E-state index is 13.8. The molecule has 18 heavy (non-hydrogen) atoms. The van der Waals surface area contributed by atoms with Crippen molar-refractivity contribution in [2.75, 3.05) is 18.8 Å². The number of aliphatic hydroxyl groups is 1. The number of hydrogen-bond donors (Lipinski definition) is 1. The molecule has 0 amide bonds. The third-order valence-electron chi connectivity index (χ3n) is 2.64. The Balaban J connectivity index is 0.00000162. The van der Waals surface area contributed by atoms with Crippen LogP contribution >= 0.6 is 0 Å². The Hall–Kier alpha value is -0.776. The van der Waals surface area contributed by atoms with Gasteiger partial charge in [0.25, 0.3) is 0 Å². The molecule has 1 radical (unpaired) electrons. The molecule has 2 aromatic rings. The number of fused-ring (bicyclic) bond motifs is 1. The van der Waals surface area contributed by atoms with Crippen LogP contribution in [0.3, 0.4) is 0 Å². The second-order valence-corrected chi connectivity index (χ2v) is 3.85. The fraction of sp³-hybridized carbons (Fsp3) is 0.250. The topological polar surface area (TPSA) is 45.5 Å². The molecule has 0 bridgehead atoms. The van der Waals surface area contributed by atoms with Gasteiger partial charge < -0.3 is 9.90 Å². The number of aliphatic hydroxyl groups excluding tert-OH is 1. The van der Waals surface area contributed by atoms with Gasteiger partial charge in [-0.2, -0.15) is 12.1 Å². The van der Waals surface area contributed by atoms with Gasteiger partial charge in [0.05, 0.1) is 0 Å². The van der Waals surface area contributed by atoms with Gasteiger partial charge in [-0.25, -0.2) is 0 Å². The first-order chi connectivity index (χ1) is 8.06. The standard InChI is InChI=1S/C12H12FN2O2.Y/c1-8-6-15(14(2)7-16)11-9(12(8)17)4-3-5-10(11)13;/h4-6,16H,7H2,1-2H3;/q-1;. The van der Waals surface area contributed by atoms with E-state index in [0.29, 0.717) is 5.56 Å². The van der Waals surface area contributed by atoms with Crippen molar-refractivity contribution in [1.29, 1.82) is 0 Å². The molecule has 1 N–H and O–H groups in total. The number of halogens is 1. The van der Waals surface area contributed by atoms with Crippen LogP contribution in [-0.4, -0.2) is 23.6 Å². The second kappa shape index (κ2) is 5.91. The monoisotopic (exact) mass is 324 g/mol. The van der Waals surface area contributed by atoms with Crippen LogP contribution < -0.4 is 10.4 Å². The molecule has 1 aromatic carbocycles. The van der Waals surface area contributed by atoms with Crippen molar-refractivity contribution in [3.05, 3.63) is 46.0 Å². The predicted octanol–water partition coefficient (Wildman–Crippen LogP) is 0.764. The number of aryl methyl sites for hydroxylation is 1. The molecular weight excluding hydrogens is 312 g/mol. The van der Waals surface area contributed by atoms with E-state index in [-0.39, 0.29) is 55.8 Å². The van der Waals surface area contributed by atoms with E-state index in [1.165, 1.54) is 28.0 Å². The first kappa shape index (κ1) is 15.3. The molecule has 0 saturated carbocycles. The third kappa shape index (κ3) is 2.48. The summed E-state index contributed by atoms with van der Waals surface area (Å²) < 4.78 is 15.2. The number of pyridine rings is 1. The fourth-order valence-corrected chi connectivity index (χ4v) is 1.73. The van der Waals surface area contributed by atoms with Gasteiger partial charge in [0.2, 0.25) is 0 Å². The molecule has 0 aliphatic rings. The maximum Gasteiger partial charge on any atom is 0.138 e. The van der Waals surface area contributed by atoms with E-state index in [2.05, 4.69) is 6.07 Å². The largest absolute Gasteiger partial charge is 0.375 e. The second-order valence-electron chi connectivity index (χ2n) is 3.85. The van der Waals surface area contributed by atoms with E-state index in [4.69, 9.17) is 5.11 Å². The quantitative estimate of drug-likeness (QED) is 0.655. The van der Waals surface area contributed by atoms with Gasteiger partial charge in [0.15, 0.2) is 0 Å². The summed E-state index contributed by atoms with van der Waals surface area (Å²) in [4.78, 5) is 11.9. The average Bonchev–Trinajstić information content (AvgIpc) is 2.33. The number of rotatable bonds is 2. The zero-order valence-corrected chi connectivity index (χ0v) is 13.0. The Labute approximate surface area is 129 Å². The number of benzene rings is 1. The van der Waals surface area contributed by atoms with Crippen LogP contribution in [0.5, 0.6) is 0 Å². The summed E-state index contributed by atoms with van der Waals surface area (Å²) in [5.74, 6) is -0.542. The first-order valence-electron chi connectivity index (χ1n) is 5.10. The van der Waals surface area contributed by atoms with E-state index in [9.17, 15) is 9.18 Å². The van der Waals surface area contributed by atoms with Crippen molar-refractivity contribution in [1.82, 2.24) is 4.68 Å². The van der Waals surface area contributed by atoms with Crippen LogP contribution in [0.4, 0.5) is 4.39 Å². The minimum absolute atomic E-state index is 0. The van der Waals surface area contributed by atoms with Crippen molar-refractivity contribution in [3.63, 3.8) is 0 Å². The molecular formula is C12H12FN2O2Y-. The number of aromatic nitrogens is 1. The van der Waals surface area contributed by atoms with Crippen LogP contribution in [-0.2, 0) is 32.7 Å². The normalized spacial score (nSPS) is 10.2. The summed E-state index contributed by atoms with van der Waals surface area (Å²) in [6.45, 7) is 1.36. The van der Waals surface area contributed by atoms with E-state index in [1.807, 2.05) is 0 Å². The summed E-state index contributed by atoms with van der Waals surface area (Å²) in [5.41, 5.74) is 0.408. The fourth-order valence-electron chi connectivity index (χ4n) is 1.73. The van der Waals surface area contributed by atoms with Crippen molar-refractivity contribution < 1.29 is 42.2 Å². The van der Waals surface area contributed by atoms with E-state index in [1.54, 1.807) is 14.0 Å². The Morgan fingerprint density at radius 2 is 2.17 bits per heavy atom. The van der Waals surface area contributed by atoms with Crippen molar-refractivity contribution in [2.24, 2.45) is 0 Å². The molecule has 0 saturated heterocycles. The molecule has 6 heteroatoms. The Morgan fingerprint density at radius 1 is 1.50 bits per heavy atom. The van der Waals surface area contributed by atoms with E-state index in [0.717, 1.165) is 0 Å². The Kier molecular flexibility index (Phi) is 5.02. The first-order valence-corrected chi connectivity index (χ1v) is 5.10. The summed E-state index contributed by atoms with van der Waals surface area (Å²) >= 11 is 0. The SMILES string of the molecule is Cc1cn(N(C)CO)c2c(F)c[c-]cc2c1=O.[Y]. The zero-order valence-electron chi connectivity index (χ0n) is 10.1. The smallest absolute Gasteiger partial charge is 0.138 e. The molecule has 0 aliphatic carbocycles. The van der Waals surface area contributed by atoms with Crippen molar-refractivity contribution in [2.45, 2.75) is 6.92 Å². The molecule has 0 unspecified atom stereocenters. The number of nitrogens with zero attached hydrogens (tertiary/aromatic N) is 2. The van der Waals surface area contributed by atoms with Gasteiger partial charge in [-0.15, -0.1) is 6.07 Å². The number of hydrogen-bond acceptors (Lipinski definition) is 3. The van der Waals surface area contributed by atoms with Crippen LogP contribution in [0.15, 0.2) is 23.1 Å². The van der Waals surface area contributed by atoms with Crippen molar-refractivity contribution >= 4 is 10.9 Å². The molecule has 0 aliphatic heterocycles. The van der Waals surface area contributed by atoms with Gasteiger partial charge in [0.1, 0.15) is 12.2 Å². The van der Waals surface area contributed by atoms with Crippen LogP contribution in [0.1, 0.15) is 5.56 Å². The summed E-state index contributed by atoms with van der Waals surface area (Å²) in [6, 6.07) is 5.21. The predicted molar refractivity (Wildman–Crippen MR) is 63.0 cm³/mol. The maximum absolute atomic E-state index is 13.8. The van der Waals surface area contributed by atoms with Gasteiger partial charge in [-0.05, 0) is 12.4 Å². The van der Waals surface area contributed by atoms with E-state index >= 15 is 0 Å². The molecule has 2 rings (SSSR count). The molecule has 1 aromatic heterocycles. The Morgan fingerprint density at radius 3 is 2.78 bits per heavy atom. The summed E-state index contributed by atoms with van der Waals surface area (Å²) in [5, 5.41) is 10.8. The summed E-state index contributed by atoms with van der Waals surface area (Å²) in [7, 11) is 1.60. The van der Waals surface area contributed by atoms with Gasteiger partial charge in [0, 0.05) is 57.3 Å². The molecule has 1 heterocycles. The van der Waals surface area contributed by atoms with Gasteiger partial charge >= 0.3 is 0 Å². The van der Waals surface area contributed by atoms with Crippen LogP contribution in [0.2, 0.25) is 0 Å². The molecule has 0 fully saturated rings. The van der Waals surface area contributed by atoms with Crippen molar-refractivity contribution in [3.8, 4) is 0 Å². The molecule has 0 atom stereocenters. The molecule has 0 spiro atoms. The van der Waals surface area contributed by atoms with Gasteiger partial charge in [-0.3, -0.25) is 14.1 Å². The molecule has 4 nitrogen and oxygen atoms in total. The third-order valence-corrected chi connectivity index (χ3v) is 2.64. The Bertz CT molecular complexity index is 627. The van der Waals surface area contributed by atoms with E-state index < -0.39 is 5.82 Å². The minimum Gasteiger partial charge on any atom is -0.375 e. The molecule has 93 valence electrons. The minimum atomic E-state index is -0.542. The average molecular weight is 324 g/mol. The van der Waals surface area contributed by atoms with Crippen LogP contribution in [0, 0.1) is 18.8 Å².